The first kappa shape index (κ1) is 24.1. The Hall–Kier alpha value is -3.56. The van der Waals surface area contributed by atoms with Gasteiger partial charge < -0.3 is 23.4 Å². The maximum absolute atomic E-state index is 14.4. The Kier molecular flexibility index (Phi) is 6.14. The van der Waals surface area contributed by atoms with Crippen LogP contribution in [0.25, 0.3) is 11.1 Å². The van der Waals surface area contributed by atoms with E-state index in [9.17, 15) is 18.8 Å². The van der Waals surface area contributed by atoms with Gasteiger partial charge in [-0.05, 0) is 53.7 Å². The van der Waals surface area contributed by atoms with Crippen molar-refractivity contribution in [3.05, 3.63) is 35.5 Å². The molecule has 0 fully saturated rings. The minimum absolute atomic E-state index is 0.0655. The Balaban J connectivity index is 2.23. The summed E-state index contributed by atoms with van der Waals surface area (Å²) in [7, 11) is 1.13. The van der Waals surface area contributed by atoms with E-state index in [2.05, 4.69) is 0 Å². The molecule has 1 aromatic carbocycles. The summed E-state index contributed by atoms with van der Waals surface area (Å²) in [6, 6.07) is 2.71. The third kappa shape index (κ3) is 4.94. The molecule has 33 heavy (non-hydrogen) atoms. The summed E-state index contributed by atoms with van der Waals surface area (Å²) in [5, 5.41) is 0. The van der Waals surface area contributed by atoms with E-state index in [0.717, 1.165) is 13.4 Å². The number of fused-ring (bicyclic) bond motifs is 3. The molecule has 0 atom stereocenters. The van der Waals surface area contributed by atoms with E-state index in [4.69, 9.17) is 23.4 Å². The zero-order valence-corrected chi connectivity index (χ0v) is 19.5. The van der Waals surface area contributed by atoms with Crippen molar-refractivity contribution in [1.29, 1.82) is 0 Å². The molecule has 10 heteroatoms. The number of benzene rings is 1. The molecule has 0 saturated carbocycles. The Bertz CT molecular complexity index is 1080. The molecule has 3 rings (SSSR count). The number of esters is 1. The number of carbonyl (C=O) groups is 3. The van der Waals surface area contributed by atoms with Gasteiger partial charge in [0.15, 0.2) is 11.6 Å². The van der Waals surface area contributed by atoms with E-state index in [-0.39, 0.29) is 40.5 Å². The van der Waals surface area contributed by atoms with E-state index in [0.29, 0.717) is 4.90 Å². The molecule has 2 amide bonds. The molecule has 0 bridgehead atoms. The molecule has 9 nitrogen and oxygen atoms in total. The summed E-state index contributed by atoms with van der Waals surface area (Å²) in [4.78, 5) is 39.5. The van der Waals surface area contributed by atoms with Crippen LogP contribution in [0, 0.1) is 5.82 Å². The number of amides is 2. The first-order valence-electron chi connectivity index (χ1n) is 10.1. The second-order valence-electron chi connectivity index (χ2n) is 9.29. The number of anilines is 1. The van der Waals surface area contributed by atoms with Crippen molar-refractivity contribution in [2.45, 2.75) is 59.4 Å². The third-order valence-corrected chi connectivity index (χ3v) is 4.36. The van der Waals surface area contributed by atoms with Gasteiger partial charge in [0.05, 0.1) is 18.4 Å². The van der Waals surface area contributed by atoms with Crippen LogP contribution in [0.1, 0.15) is 57.7 Å². The number of ether oxygens (including phenoxy) is 4. The Labute approximate surface area is 190 Å². The fourth-order valence-corrected chi connectivity index (χ4v) is 3.19. The Morgan fingerprint density at radius 2 is 1.58 bits per heavy atom. The maximum atomic E-state index is 14.4. The minimum Gasteiger partial charge on any atom is -0.484 e. The number of carbonyl (C=O) groups excluding carboxylic acids is 3. The van der Waals surface area contributed by atoms with Crippen molar-refractivity contribution in [3.8, 4) is 16.9 Å². The largest absolute Gasteiger partial charge is 0.484 e. The zero-order chi connectivity index (χ0) is 24.7. The summed E-state index contributed by atoms with van der Waals surface area (Å²) in [6.07, 6.45) is -1.22. The van der Waals surface area contributed by atoms with Crippen LogP contribution in [0.15, 0.2) is 22.8 Å². The highest BCUT2D eigenvalue weighted by atomic mass is 19.1. The number of hydrogen-bond acceptors (Lipinski definition) is 8. The summed E-state index contributed by atoms with van der Waals surface area (Å²) in [5.41, 5.74) is -2.05. The van der Waals surface area contributed by atoms with Gasteiger partial charge in [-0.15, -0.1) is 0 Å². The molecule has 178 valence electrons. The summed E-state index contributed by atoms with van der Waals surface area (Å²) in [5.74, 6) is -1.38. The Morgan fingerprint density at radius 1 is 1.00 bits per heavy atom. The Morgan fingerprint density at radius 3 is 2.09 bits per heavy atom. The topological polar surface area (TPSA) is 105 Å². The SMILES string of the molecule is COC(=O)c1c(N(C(=O)OC(C)(C)C)C(=O)OC(C)(C)C)ccc2c1OCc1occ(F)c1-2. The number of nitrogens with zero attached hydrogens (tertiary/aromatic N) is 1. The molecule has 1 aliphatic heterocycles. The molecule has 0 saturated heterocycles. The van der Waals surface area contributed by atoms with Crippen LogP contribution in [0.5, 0.6) is 5.75 Å². The lowest BCUT2D eigenvalue weighted by atomic mass is 9.97. The molecule has 0 spiro atoms. The van der Waals surface area contributed by atoms with Gasteiger partial charge >= 0.3 is 18.2 Å². The van der Waals surface area contributed by atoms with Gasteiger partial charge in [-0.2, -0.15) is 4.90 Å². The number of methoxy groups -OCH3 is 1. The minimum atomic E-state index is -1.08. The van der Waals surface area contributed by atoms with Crippen LogP contribution in [-0.2, 0) is 20.8 Å². The highest BCUT2D eigenvalue weighted by molar-refractivity contribution is 6.15. The van der Waals surface area contributed by atoms with Crippen molar-refractivity contribution in [2.24, 2.45) is 0 Å². The van der Waals surface area contributed by atoms with Gasteiger partial charge in [-0.1, -0.05) is 0 Å². The van der Waals surface area contributed by atoms with Gasteiger partial charge in [-0.25, -0.2) is 18.8 Å². The highest BCUT2D eigenvalue weighted by Gasteiger charge is 2.39. The van der Waals surface area contributed by atoms with Crippen molar-refractivity contribution >= 4 is 23.8 Å². The summed E-state index contributed by atoms with van der Waals surface area (Å²) >= 11 is 0. The molecule has 0 aliphatic carbocycles. The first-order chi connectivity index (χ1) is 15.2. The third-order valence-electron chi connectivity index (χ3n) is 4.36. The summed E-state index contributed by atoms with van der Waals surface area (Å²) in [6.45, 7) is 9.57. The fourth-order valence-electron chi connectivity index (χ4n) is 3.19. The highest BCUT2D eigenvalue weighted by Crippen LogP contribution is 2.45. The van der Waals surface area contributed by atoms with E-state index in [1.807, 2.05) is 0 Å². The quantitative estimate of drug-likeness (QED) is 0.428. The van der Waals surface area contributed by atoms with Crippen molar-refractivity contribution in [1.82, 2.24) is 0 Å². The van der Waals surface area contributed by atoms with Crippen molar-refractivity contribution in [3.63, 3.8) is 0 Å². The number of imide groups is 1. The normalized spacial score (nSPS) is 12.7. The first-order valence-corrected chi connectivity index (χ1v) is 10.1. The number of furan rings is 1. The molecule has 0 unspecified atom stereocenters. The van der Waals surface area contributed by atoms with Crippen LogP contribution in [-0.4, -0.2) is 36.5 Å². The standard InChI is InChI=1S/C23H26FNO8/c1-22(2,3)32-20(27)25(21(28)33-23(4,5)6)14-9-8-12-16-13(24)10-30-15(16)11-31-18(12)17(14)19(26)29-7/h8-10H,11H2,1-7H3. The fraction of sp³-hybridized carbons (Fsp3) is 0.435. The van der Waals surface area contributed by atoms with Gasteiger partial charge in [0.2, 0.25) is 0 Å². The van der Waals surface area contributed by atoms with Crippen molar-refractivity contribution in [2.75, 3.05) is 12.0 Å². The second kappa shape index (κ2) is 8.42. The average Bonchev–Trinajstić information content (AvgIpc) is 3.05. The number of rotatable bonds is 2. The molecular formula is C23H26FNO8. The van der Waals surface area contributed by atoms with Gasteiger partial charge in [0.25, 0.3) is 0 Å². The zero-order valence-electron chi connectivity index (χ0n) is 19.5. The van der Waals surface area contributed by atoms with Crippen LogP contribution < -0.4 is 9.64 Å². The molecule has 2 aromatic rings. The average molecular weight is 463 g/mol. The molecule has 2 heterocycles. The van der Waals surface area contributed by atoms with E-state index in [1.165, 1.54) is 12.1 Å². The van der Waals surface area contributed by atoms with Crippen molar-refractivity contribution < 1.29 is 42.1 Å². The predicted octanol–water partition coefficient (Wildman–Crippen LogP) is 5.44. The maximum Gasteiger partial charge on any atom is 0.424 e. The lowest BCUT2D eigenvalue weighted by Crippen LogP contribution is -2.44. The van der Waals surface area contributed by atoms with Crippen LogP contribution in [0.2, 0.25) is 0 Å². The molecule has 1 aromatic heterocycles. The van der Waals surface area contributed by atoms with Gasteiger partial charge in [0, 0.05) is 5.56 Å². The van der Waals surface area contributed by atoms with Crippen LogP contribution in [0.4, 0.5) is 19.7 Å². The molecule has 0 radical (unpaired) electrons. The van der Waals surface area contributed by atoms with Gasteiger partial charge in [-0.3, -0.25) is 0 Å². The summed E-state index contributed by atoms with van der Waals surface area (Å²) < 4.78 is 40.9. The lowest BCUT2D eigenvalue weighted by Gasteiger charge is -2.30. The van der Waals surface area contributed by atoms with E-state index in [1.54, 1.807) is 41.5 Å². The van der Waals surface area contributed by atoms with Crippen LogP contribution in [0.3, 0.4) is 0 Å². The predicted molar refractivity (Wildman–Crippen MR) is 115 cm³/mol. The molecular weight excluding hydrogens is 437 g/mol. The monoisotopic (exact) mass is 463 g/mol. The van der Waals surface area contributed by atoms with Gasteiger partial charge in [0.1, 0.15) is 35.4 Å². The van der Waals surface area contributed by atoms with E-state index < -0.39 is 35.2 Å². The van der Waals surface area contributed by atoms with Crippen LogP contribution >= 0.6 is 0 Å². The molecule has 1 aliphatic rings. The van der Waals surface area contributed by atoms with E-state index >= 15 is 0 Å². The second-order valence-corrected chi connectivity index (χ2v) is 9.29. The smallest absolute Gasteiger partial charge is 0.424 e. The number of halogens is 1. The molecule has 0 N–H and O–H groups in total. The number of hydrogen-bond donors (Lipinski definition) is 0. The lowest BCUT2D eigenvalue weighted by molar-refractivity contribution is 0.0430.